The van der Waals surface area contributed by atoms with Gasteiger partial charge in [0.25, 0.3) is 0 Å². The third-order valence-corrected chi connectivity index (χ3v) is 2.10. The summed E-state index contributed by atoms with van der Waals surface area (Å²) in [4.78, 5) is 21.5. The highest BCUT2D eigenvalue weighted by molar-refractivity contribution is 5.95. The van der Waals surface area contributed by atoms with E-state index in [4.69, 9.17) is 9.47 Å². The van der Waals surface area contributed by atoms with Crippen LogP contribution < -0.4 is 9.47 Å². The maximum Gasteiger partial charge on any atom is 0.345 e. The molecule has 7 heteroatoms. The van der Waals surface area contributed by atoms with Crippen LogP contribution in [0.3, 0.4) is 0 Å². The number of methoxy groups -OCH3 is 1. The number of carbonyl (C=O) groups excluding carboxylic acids is 1. The molecule has 1 aliphatic rings. The first-order valence-corrected chi connectivity index (χ1v) is 4.30. The first-order valence-electron chi connectivity index (χ1n) is 4.30. The summed E-state index contributed by atoms with van der Waals surface area (Å²) >= 11 is 0. The van der Waals surface area contributed by atoms with Crippen LogP contribution >= 0.6 is 0 Å². The molecule has 0 unspecified atom stereocenters. The Kier molecular flexibility index (Phi) is 2.35. The molecule has 1 aromatic carbocycles. The Hall–Kier alpha value is -2.31. The van der Waals surface area contributed by atoms with E-state index in [0.717, 1.165) is 7.11 Å². The summed E-state index contributed by atoms with van der Waals surface area (Å²) in [7, 11) is 1.15. The monoisotopic (exact) mass is 225 g/mol. The second-order valence-electron chi connectivity index (χ2n) is 2.94. The predicted octanol–water partition coefficient (Wildman–Crippen LogP) is 1.11. The molecule has 0 spiro atoms. The van der Waals surface area contributed by atoms with Gasteiger partial charge in [-0.15, -0.1) is 0 Å². The van der Waals surface area contributed by atoms with Crippen LogP contribution in [-0.2, 0) is 4.74 Å². The molecule has 2 rings (SSSR count). The average Bonchev–Trinajstić information content (AvgIpc) is 2.73. The first kappa shape index (κ1) is 10.2. The van der Waals surface area contributed by atoms with Crippen LogP contribution in [0.2, 0.25) is 0 Å². The van der Waals surface area contributed by atoms with Gasteiger partial charge in [-0.2, -0.15) is 0 Å². The van der Waals surface area contributed by atoms with E-state index in [1.807, 2.05) is 0 Å². The van der Waals surface area contributed by atoms with Crippen molar-refractivity contribution in [1.82, 2.24) is 0 Å². The van der Waals surface area contributed by atoms with Gasteiger partial charge >= 0.3 is 11.7 Å². The van der Waals surface area contributed by atoms with E-state index >= 15 is 0 Å². The van der Waals surface area contributed by atoms with Gasteiger partial charge in [-0.25, -0.2) is 4.79 Å². The van der Waals surface area contributed by atoms with Crippen molar-refractivity contribution >= 4 is 11.7 Å². The molecule has 0 bridgehead atoms. The lowest BCUT2D eigenvalue weighted by atomic mass is 10.1. The van der Waals surface area contributed by atoms with E-state index in [9.17, 15) is 14.9 Å². The molecule has 0 atom stereocenters. The first-order chi connectivity index (χ1) is 7.65. The van der Waals surface area contributed by atoms with Gasteiger partial charge in [-0.05, 0) is 12.1 Å². The molecule has 0 N–H and O–H groups in total. The van der Waals surface area contributed by atoms with Crippen molar-refractivity contribution < 1.29 is 23.9 Å². The number of ether oxygens (including phenoxy) is 3. The molecule has 1 aliphatic heterocycles. The van der Waals surface area contributed by atoms with Crippen LogP contribution in [0.5, 0.6) is 11.5 Å². The highest BCUT2D eigenvalue weighted by Gasteiger charge is 2.32. The fraction of sp³-hybridized carbons (Fsp3) is 0.222. The Morgan fingerprint density at radius 3 is 2.88 bits per heavy atom. The number of carbonyl (C=O) groups is 1. The van der Waals surface area contributed by atoms with Crippen molar-refractivity contribution in [3.05, 3.63) is 27.8 Å². The fourth-order valence-corrected chi connectivity index (χ4v) is 1.41. The Morgan fingerprint density at radius 2 is 2.25 bits per heavy atom. The van der Waals surface area contributed by atoms with Crippen LogP contribution in [0.4, 0.5) is 5.69 Å². The minimum absolute atomic E-state index is 0.0344. The third-order valence-electron chi connectivity index (χ3n) is 2.10. The van der Waals surface area contributed by atoms with Crippen molar-refractivity contribution in [3.63, 3.8) is 0 Å². The van der Waals surface area contributed by atoms with Gasteiger partial charge < -0.3 is 14.2 Å². The van der Waals surface area contributed by atoms with E-state index in [1.54, 1.807) is 0 Å². The summed E-state index contributed by atoms with van der Waals surface area (Å²) in [6.07, 6.45) is 0. The van der Waals surface area contributed by atoms with Crippen molar-refractivity contribution in [2.24, 2.45) is 0 Å². The molecule has 0 saturated heterocycles. The number of benzene rings is 1. The lowest BCUT2D eigenvalue weighted by Crippen LogP contribution is -2.06. The zero-order valence-corrected chi connectivity index (χ0v) is 8.26. The van der Waals surface area contributed by atoms with E-state index in [0.29, 0.717) is 0 Å². The van der Waals surface area contributed by atoms with Gasteiger partial charge in [0.05, 0.1) is 12.0 Å². The van der Waals surface area contributed by atoms with Crippen LogP contribution in [0.25, 0.3) is 0 Å². The second kappa shape index (κ2) is 3.69. The van der Waals surface area contributed by atoms with Crippen molar-refractivity contribution in [3.8, 4) is 11.5 Å². The highest BCUT2D eigenvalue weighted by atomic mass is 16.7. The van der Waals surface area contributed by atoms with Gasteiger partial charge in [0, 0.05) is 0 Å². The molecule has 16 heavy (non-hydrogen) atoms. The topological polar surface area (TPSA) is 87.9 Å². The van der Waals surface area contributed by atoms with E-state index in [-0.39, 0.29) is 23.9 Å². The normalized spacial score (nSPS) is 12.3. The summed E-state index contributed by atoms with van der Waals surface area (Å²) in [5.41, 5.74) is -0.585. The van der Waals surface area contributed by atoms with Gasteiger partial charge in [0.1, 0.15) is 5.56 Å². The number of hydrogen-bond donors (Lipinski definition) is 0. The maximum absolute atomic E-state index is 11.3. The van der Waals surface area contributed by atoms with E-state index in [2.05, 4.69) is 4.74 Å². The van der Waals surface area contributed by atoms with E-state index in [1.165, 1.54) is 12.1 Å². The number of fused-ring (bicyclic) bond motifs is 1. The zero-order chi connectivity index (χ0) is 11.7. The molecular formula is C9H7NO6. The third kappa shape index (κ3) is 1.42. The van der Waals surface area contributed by atoms with Gasteiger partial charge in [0.2, 0.25) is 12.5 Å². The molecular weight excluding hydrogens is 218 g/mol. The maximum atomic E-state index is 11.3. The Bertz CT molecular complexity index is 469. The number of rotatable bonds is 2. The molecule has 0 fully saturated rings. The summed E-state index contributed by atoms with van der Waals surface area (Å²) in [6, 6.07) is 2.71. The quantitative estimate of drug-likeness (QED) is 0.425. The summed E-state index contributed by atoms with van der Waals surface area (Å²) in [5.74, 6) is -0.572. The number of nitrogens with zero attached hydrogens (tertiary/aromatic N) is 1. The van der Waals surface area contributed by atoms with Gasteiger partial charge in [-0.1, -0.05) is 0 Å². The zero-order valence-electron chi connectivity index (χ0n) is 8.26. The molecule has 0 aliphatic carbocycles. The summed E-state index contributed by atoms with van der Waals surface area (Å²) in [6.45, 7) is -0.0964. The lowest BCUT2D eigenvalue weighted by Gasteiger charge is -2.03. The smallest absolute Gasteiger partial charge is 0.345 e. The van der Waals surface area contributed by atoms with Crippen molar-refractivity contribution in [2.75, 3.05) is 13.9 Å². The average molecular weight is 225 g/mol. The van der Waals surface area contributed by atoms with E-state index < -0.39 is 16.6 Å². The Labute approximate surface area is 89.7 Å². The minimum atomic E-state index is -0.787. The number of nitro groups is 1. The lowest BCUT2D eigenvalue weighted by molar-refractivity contribution is -0.386. The van der Waals surface area contributed by atoms with Crippen molar-refractivity contribution in [1.29, 1.82) is 0 Å². The molecule has 0 saturated carbocycles. The van der Waals surface area contributed by atoms with Crippen LogP contribution in [0, 0.1) is 10.1 Å². The van der Waals surface area contributed by atoms with Crippen molar-refractivity contribution in [2.45, 2.75) is 0 Å². The van der Waals surface area contributed by atoms with Gasteiger partial charge in [0.15, 0.2) is 5.75 Å². The van der Waals surface area contributed by atoms with Crippen LogP contribution in [0.15, 0.2) is 12.1 Å². The molecule has 0 aromatic heterocycles. The van der Waals surface area contributed by atoms with Gasteiger partial charge in [-0.3, -0.25) is 10.1 Å². The molecule has 84 valence electrons. The molecule has 0 amide bonds. The second-order valence-corrected chi connectivity index (χ2v) is 2.94. The molecule has 1 aromatic rings. The molecule has 0 radical (unpaired) electrons. The molecule has 1 heterocycles. The fourth-order valence-electron chi connectivity index (χ4n) is 1.41. The summed E-state index contributed by atoms with van der Waals surface area (Å²) in [5, 5.41) is 10.9. The number of hydrogen-bond acceptors (Lipinski definition) is 6. The van der Waals surface area contributed by atoms with Crippen LogP contribution in [-0.4, -0.2) is 24.8 Å². The molecule has 7 nitrogen and oxygen atoms in total. The Morgan fingerprint density at radius 1 is 1.50 bits per heavy atom. The largest absolute Gasteiger partial charge is 0.465 e. The standard InChI is InChI=1S/C9H7NO6/c1-14-9(11)5-2-3-6-8(16-4-15-6)7(5)10(12)13/h2-3H,4H2,1H3. The highest BCUT2D eigenvalue weighted by Crippen LogP contribution is 2.42. The number of nitro benzene ring substituents is 1. The minimum Gasteiger partial charge on any atom is -0.465 e. The number of esters is 1. The predicted molar refractivity (Wildman–Crippen MR) is 50.6 cm³/mol. The summed E-state index contributed by atoms with van der Waals surface area (Å²) < 4.78 is 14.4. The van der Waals surface area contributed by atoms with Crippen LogP contribution in [0.1, 0.15) is 10.4 Å². The Balaban J connectivity index is 2.63. The SMILES string of the molecule is COC(=O)c1ccc2c(c1[N+](=O)[O-])OCO2.